The molecule has 1 aliphatic rings. The molecule has 4 heteroatoms. The molecule has 4 nitrogen and oxygen atoms in total. The van der Waals surface area contributed by atoms with E-state index in [0.29, 0.717) is 13.2 Å². The third-order valence-electron chi connectivity index (χ3n) is 2.20. The van der Waals surface area contributed by atoms with Crippen molar-refractivity contribution in [3.8, 4) is 5.75 Å². The van der Waals surface area contributed by atoms with Crippen LogP contribution in [0.5, 0.6) is 5.75 Å². The lowest BCUT2D eigenvalue weighted by atomic mass is 10.1. The summed E-state index contributed by atoms with van der Waals surface area (Å²) >= 11 is 0. The lowest BCUT2D eigenvalue weighted by Crippen LogP contribution is -2.30. The number of hydrogen-bond donors (Lipinski definition) is 3. The van der Waals surface area contributed by atoms with Crippen LogP contribution in [0.3, 0.4) is 0 Å². The highest BCUT2D eigenvalue weighted by atomic mass is 16.5. The van der Waals surface area contributed by atoms with Crippen molar-refractivity contribution in [3.05, 3.63) is 23.8 Å². The second kappa shape index (κ2) is 3.86. The van der Waals surface area contributed by atoms with Gasteiger partial charge in [-0.1, -0.05) is 6.07 Å². The normalized spacial score (nSPS) is 19.4. The summed E-state index contributed by atoms with van der Waals surface area (Å²) in [5, 5.41) is 12.2. The van der Waals surface area contributed by atoms with Crippen molar-refractivity contribution in [1.29, 1.82) is 0 Å². The topological polar surface area (TPSA) is 67.5 Å². The molecule has 14 heavy (non-hydrogen) atoms. The van der Waals surface area contributed by atoms with E-state index in [2.05, 4.69) is 5.32 Å². The number of nitrogens with one attached hydrogen (secondary N) is 1. The van der Waals surface area contributed by atoms with Crippen LogP contribution in [0.15, 0.2) is 18.2 Å². The summed E-state index contributed by atoms with van der Waals surface area (Å²) in [6, 6.07) is 5.85. The van der Waals surface area contributed by atoms with E-state index in [1.807, 2.05) is 18.2 Å². The number of hydrogen-bond acceptors (Lipinski definition) is 4. The summed E-state index contributed by atoms with van der Waals surface area (Å²) in [7, 11) is 0. The van der Waals surface area contributed by atoms with Gasteiger partial charge in [-0.05, 0) is 30.7 Å². The van der Waals surface area contributed by atoms with E-state index < -0.39 is 6.23 Å². The standard InChI is InChI=1S/C10H14N2O2/c11-4-3-7-1-2-8-9(5-7)14-6-10(13)12-8/h1-2,5,10,12-13H,3-4,6,11H2/t10-/m1/s1. The van der Waals surface area contributed by atoms with Gasteiger partial charge >= 0.3 is 0 Å². The molecule has 2 rings (SSSR count). The van der Waals surface area contributed by atoms with E-state index in [1.165, 1.54) is 0 Å². The van der Waals surface area contributed by atoms with Crippen molar-refractivity contribution < 1.29 is 9.84 Å². The number of anilines is 1. The Kier molecular flexibility index (Phi) is 2.56. The number of aliphatic hydroxyl groups is 1. The Morgan fingerprint density at radius 3 is 3.21 bits per heavy atom. The first-order valence-electron chi connectivity index (χ1n) is 4.70. The van der Waals surface area contributed by atoms with Gasteiger partial charge < -0.3 is 20.9 Å². The lowest BCUT2D eigenvalue weighted by Gasteiger charge is -2.24. The van der Waals surface area contributed by atoms with Gasteiger partial charge in [0.2, 0.25) is 0 Å². The van der Waals surface area contributed by atoms with Crippen LogP contribution in [-0.4, -0.2) is 24.5 Å². The molecule has 0 aliphatic carbocycles. The predicted molar refractivity (Wildman–Crippen MR) is 54.3 cm³/mol. The predicted octanol–water partition coefficient (Wildman–Crippen LogP) is 0.310. The minimum absolute atomic E-state index is 0.291. The van der Waals surface area contributed by atoms with Gasteiger partial charge in [-0.3, -0.25) is 0 Å². The van der Waals surface area contributed by atoms with Crippen molar-refractivity contribution in [1.82, 2.24) is 0 Å². The Morgan fingerprint density at radius 1 is 1.57 bits per heavy atom. The monoisotopic (exact) mass is 194 g/mol. The first kappa shape index (κ1) is 9.30. The molecule has 1 aliphatic heterocycles. The van der Waals surface area contributed by atoms with E-state index in [4.69, 9.17) is 10.5 Å². The fourth-order valence-corrected chi connectivity index (χ4v) is 1.52. The average molecular weight is 194 g/mol. The molecule has 0 amide bonds. The van der Waals surface area contributed by atoms with Crippen molar-refractivity contribution >= 4 is 5.69 Å². The summed E-state index contributed by atoms with van der Waals surface area (Å²) in [5.74, 6) is 0.793. The van der Waals surface area contributed by atoms with Gasteiger partial charge in [0, 0.05) is 0 Å². The minimum Gasteiger partial charge on any atom is -0.487 e. The van der Waals surface area contributed by atoms with Crippen LogP contribution in [0.1, 0.15) is 5.56 Å². The highest BCUT2D eigenvalue weighted by Gasteiger charge is 2.15. The van der Waals surface area contributed by atoms with Crippen LogP contribution in [0.25, 0.3) is 0 Å². The molecule has 0 unspecified atom stereocenters. The number of nitrogens with two attached hydrogens (primary N) is 1. The molecule has 0 saturated heterocycles. The molecule has 1 aromatic carbocycles. The smallest absolute Gasteiger partial charge is 0.159 e. The summed E-state index contributed by atoms with van der Waals surface area (Å²) in [5.41, 5.74) is 7.46. The highest BCUT2D eigenvalue weighted by molar-refractivity contribution is 5.59. The minimum atomic E-state index is -0.608. The Bertz CT molecular complexity index is 328. The molecule has 1 heterocycles. The average Bonchev–Trinajstić information content (AvgIpc) is 2.19. The third-order valence-corrected chi connectivity index (χ3v) is 2.20. The number of fused-ring (bicyclic) bond motifs is 1. The van der Waals surface area contributed by atoms with Gasteiger partial charge in [0.25, 0.3) is 0 Å². The highest BCUT2D eigenvalue weighted by Crippen LogP contribution is 2.29. The van der Waals surface area contributed by atoms with Crippen LogP contribution in [-0.2, 0) is 6.42 Å². The van der Waals surface area contributed by atoms with Crippen molar-refractivity contribution in [2.75, 3.05) is 18.5 Å². The Hall–Kier alpha value is -1.26. The quantitative estimate of drug-likeness (QED) is 0.634. The summed E-state index contributed by atoms with van der Waals surface area (Å²) in [4.78, 5) is 0. The van der Waals surface area contributed by atoms with Crippen molar-refractivity contribution in [3.63, 3.8) is 0 Å². The fourth-order valence-electron chi connectivity index (χ4n) is 1.52. The maximum absolute atomic E-state index is 9.27. The van der Waals surface area contributed by atoms with Gasteiger partial charge in [0.1, 0.15) is 12.4 Å². The molecule has 1 atom stereocenters. The molecular weight excluding hydrogens is 180 g/mol. The summed E-state index contributed by atoms with van der Waals surface area (Å²) in [6.45, 7) is 0.925. The Morgan fingerprint density at radius 2 is 2.43 bits per heavy atom. The van der Waals surface area contributed by atoms with E-state index >= 15 is 0 Å². The fraction of sp³-hybridized carbons (Fsp3) is 0.400. The molecule has 4 N–H and O–H groups in total. The van der Waals surface area contributed by atoms with Gasteiger partial charge in [-0.25, -0.2) is 0 Å². The number of benzene rings is 1. The largest absolute Gasteiger partial charge is 0.487 e. The maximum atomic E-state index is 9.27. The number of ether oxygens (including phenoxy) is 1. The number of rotatable bonds is 2. The molecular formula is C10H14N2O2. The maximum Gasteiger partial charge on any atom is 0.159 e. The molecule has 0 aromatic heterocycles. The lowest BCUT2D eigenvalue weighted by molar-refractivity contribution is 0.119. The summed E-state index contributed by atoms with van der Waals surface area (Å²) < 4.78 is 5.37. The Balaban J connectivity index is 2.22. The molecule has 0 fully saturated rings. The van der Waals surface area contributed by atoms with Crippen LogP contribution in [0.2, 0.25) is 0 Å². The van der Waals surface area contributed by atoms with E-state index in [1.54, 1.807) is 0 Å². The molecule has 0 spiro atoms. The zero-order valence-electron chi connectivity index (χ0n) is 7.86. The van der Waals surface area contributed by atoms with Crippen LogP contribution in [0.4, 0.5) is 5.69 Å². The molecule has 1 aromatic rings. The van der Waals surface area contributed by atoms with Gasteiger partial charge in [0.05, 0.1) is 5.69 Å². The van der Waals surface area contributed by atoms with Gasteiger partial charge in [-0.2, -0.15) is 0 Å². The molecule has 76 valence electrons. The second-order valence-corrected chi connectivity index (χ2v) is 3.34. The van der Waals surface area contributed by atoms with Crippen LogP contribution < -0.4 is 15.8 Å². The van der Waals surface area contributed by atoms with Crippen LogP contribution in [0, 0.1) is 0 Å². The van der Waals surface area contributed by atoms with Gasteiger partial charge in [0.15, 0.2) is 6.23 Å². The van der Waals surface area contributed by atoms with Crippen LogP contribution >= 0.6 is 0 Å². The first-order chi connectivity index (χ1) is 6.79. The van der Waals surface area contributed by atoms with Crippen molar-refractivity contribution in [2.24, 2.45) is 5.73 Å². The number of aliphatic hydroxyl groups excluding tert-OH is 1. The van der Waals surface area contributed by atoms with E-state index in [0.717, 1.165) is 23.4 Å². The van der Waals surface area contributed by atoms with E-state index in [-0.39, 0.29) is 0 Å². The molecule has 0 saturated carbocycles. The molecule has 0 radical (unpaired) electrons. The summed E-state index contributed by atoms with van der Waals surface area (Å²) in [6.07, 6.45) is 0.238. The zero-order chi connectivity index (χ0) is 9.97. The first-order valence-corrected chi connectivity index (χ1v) is 4.70. The Labute approximate surface area is 82.7 Å². The van der Waals surface area contributed by atoms with Crippen molar-refractivity contribution in [2.45, 2.75) is 12.6 Å². The zero-order valence-corrected chi connectivity index (χ0v) is 7.86. The second-order valence-electron chi connectivity index (χ2n) is 3.34. The molecule has 0 bridgehead atoms. The third kappa shape index (κ3) is 1.81. The SMILES string of the molecule is NCCc1ccc2c(c1)OC[C@@H](O)N2. The van der Waals surface area contributed by atoms with E-state index in [9.17, 15) is 5.11 Å². The van der Waals surface area contributed by atoms with Gasteiger partial charge in [-0.15, -0.1) is 0 Å².